The minimum Gasteiger partial charge on any atom is -0.496 e. The average Bonchev–Trinajstić information content (AvgIpc) is 2.60. The van der Waals surface area contributed by atoms with Crippen LogP contribution in [0.4, 0.5) is 0 Å². The van der Waals surface area contributed by atoms with Crippen LogP contribution in [0.5, 0.6) is 17.2 Å². The molecule has 128 valence electrons. The molecule has 0 saturated carbocycles. The summed E-state index contributed by atoms with van der Waals surface area (Å²) in [4.78, 5) is 12.7. The SMILES string of the molecule is COc1cccc(OC)c1C(=O)Pc1ccc(OCC(C)C)cc1.[Li+]. The fraction of sp³-hybridized carbons (Fsp3) is 0.316. The number of rotatable bonds is 8. The van der Waals surface area contributed by atoms with E-state index in [9.17, 15) is 4.79 Å². The number of hydrogen-bond donors (Lipinski definition) is 0. The van der Waals surface area contributed by atoms with E-state index in [0.717, 1.165) is 11.1 Å². The zero-order valence-corrected chi connectivity index (χ0v) is 16.5. The average molecular weight is 353 g/mol. The summed E-state index contributed by atoms with van der Waals surface area (Å²) in [5.41, 5.74) is 0.473. The van der Waals surface area contributed by atoms with Gasteiger partial charge >= 0.3 is 18.9 Å². The van der Waals surface area contributed by atoms with E-state index in [1.54, 1.807) is 32.4 Å². The standard InChI is InChI=1S/C19H23O4P.Li/c1-13(2)12-23-14-8-10-15(11-9-14)24-19(20)18-16(21-3)6-5-7-17(18)22-4;/h5-11,13,24H,12H2,1-4H3;/q;+1. The molecule has 0 amide bonds. The van der Waals surface area contributed by atoms with Gasteiger partial charge in [0.05, 0.1) is 20.8 Å². The van der Waals surface area contributed by atoms with Gasteiger partial charge in [0.1, 0.15) is 22.8 Å². The zero-order chi connectivity index (χ0) is 17.5. The molecule has 0 spiro atoms. The summed E-state index contributed by atoms with van der Waals surface area (Å²) in [6.07, 6.45) is 0. The van der Waals surface area contributed by atoms with E-state index in [2.05, 4.69) is 13.8 Å². The van der Waals surface area contributed by atoms with Crippen LogP contribution in [0.1, 0.15) is 24.2 Å². The van der Waals surface area contributed by atoms with Gasteiger partial charge in [0.2, 0.25) is 0 Å². The maximum atomic E-state index is 12.7. The molecule has 0 saturated heterocycles. The van der Waals surface area contributed by atoms with E-state index in [4.69, 9.17) is 14.2 Å². The van der Waals surface area contributed by atoms with Crippen LogP contribution in [0.15, 0.2) is 42.5 Å². The van der Waals surface area contributed by atoms with Crippen LogP contribution in [-0.2, 0) is 0 Å². The van der Waals surface area contributed by atoms with Gasteiger partial charge in [-0.1, -0.05) is 32.0 Å². The smallest absolute Gasteiger partial charge is 0.496 e. The molecule has 1 unspecified atom stereocenters. The van der Waals surface area contributed by atoms with Gasteiger partial charge < -0.3 is 14.2 Å². The first kappa shape index (κ1) is 21.6. The Morgan fingerprint density at radius 2 is 1.56 bits per heavy atom. The summed E-state index contributed by atoms with van der Waals surface area (Å²) >= 11 is 0. The minimum absolute atomic E-state index is 0. The van der Waals surface area contributed by atoms with Gasteiger partial charge in [-0.2, -0.15) is 0 Å². The first-order valence-corrected chi connectivity index (χ1v) is 8.80. The summed E-state index contributed by atoms with van der Waals surface area (Å²) in [5, 5.41) is 0.949. The molecule has 2 aromatic carbocycles. The van der Waals surface area contributed by atoms with Gasteiger partial charge in [-0.15, -0.1) is 0 Å². The molecule has 0 N–H and O–H groups in total. The van der Waals surface area contributed by atoms with E-state index in [1.165, 1.54) is 0 Å². The van der Waals surface area contributed by atoms with Crippen molar-refractivity contribution < 1.29 is 37.9 Å². The number of ether oxygens (including phenoxy) is 3. The Balaban J connectivity index is 0.00000312. The fourth-order valence-corrected chi connectivity index (χ4v) is 3.13. The monoisotopic (exact) mass is 353 g/mol. The van der Waals surface area contributed by atoms with Crippen molar-refractivity contribution in [2.45, 2.75) is 13.8 Å². The molecule has 2 rings (SSSR count). The minimum atomic E-state index is -0.0138. The van der Waals surface area contributed by atoms with E-state index in [0.29, 0.717) is 29.6 Å². The maximum Gasteiger partial charge on any atom is 1.00 e. The Bertz CT molecular complexity index is 664. The van der Waals surface area contributed by atoms with Crippen LogP contribution in [0, 0.1) is 5.92 Å². The van der Waals surface area contributed by atoms with Gasteiger partial charge in [-0.05, 0) is 44.1 Å². The number of carbonyl (C=O) groups is 1. The molecule has 4 nitrogen and oxygen atoms in total. The summed E-state index contributed by atoms with van der Waals surface area (Å²) in [5.74, 6) is 2.36. The first-order chi connectivity index (χ1) is 11.5. The van der Waals surface area contributed by atoms with Crippen molar-refractivity contribution >= 4 is 19.4 Å². The molecular formula is C19H23LiO4P+. The number of hydrogen-bond acceptors (Lipinski definition) is 4. The summed E-state index contributed by atoms with van der Waals surface area (Å²) in [7, 11) is 3.10. The maximum absolute atomic E-state index is 12.7. The largest absolute Gasteiger partial charge is 1.00 e. The second-order valence-corrected chi connectivity index (χ2v) is 7.00. The second-order valence-electron chi connectivity index (χ2n) is 5.72. The molecule has 0 aliphatic carbocycles. The number of benzene rings is 2. The quantitative estimate of drug-likeness (QED) is 0.522. The summed E-state index contributed by atoms with van der Waals surface area (Å²) in [6.45, 7) is 4.89. The van der Waals surface area contributed by atoms with Crippen molar-refractivity contribution in [3.05, 3.63) is 48.0 Å². The Hall–Kier alpha value is -1.46. The third kappa shape index (κ3) is 6.08. The Morgan fingerprint density at radius 3 is 2.04 bits per heavy atom. The molecule has 0 bridgehead atoms. The molecule has 0 aliphatic heterocycles. The van der Waals surface area contributed by atoms with Gasteiger partial charge in [-0.25, -0.2) is 0 Å². The van der Waals surface area contributed by atoms with Gasteiger partial charge in [-0.3, -0.25) is 4.79 Å². The molecular weight excluding hydrogens is 330 g/mol. The molecule has 0 aromatic heterocycles. The third-order valence-electron chi connectivity index (χ3n) is 3.35. The molecule has 0 fully saturated rings. The predicted octanol–water partition coefficient (Wildman–Crippen LogP) is 0.887. The Kier molecular flexibility index (Phi) is 9.07. The zero-order valence-electron chi connectivity index (χ0n) is 15.5. The molecule has 0 aliphatic rings. The van der Waals surface area contributed by atoms with Gasteiger partial charge in [0.15, 0.2) is 5.52 Å². The van der Waals surface area contributed by atoms with E-state index >= 15 is 0 Å². The number of methoxy groups -OCH3 is 2. The Morgan fingerprint density at radius 1 is 1.00 bits per heavy atom. The molecule has 25 heavy (non-hydrogen) atoms. The van der Waals surface area contributed by atoms with E-state index < -0.39 is 0 Å². The van der Waals surface area contributed by atoms with Crippen LogP contribution < -0.4 is 38.4 Å². The third-order valence-corrected chi connectivity index (χ3v) is 4.45. The van der Waals surface area contributed by atoms with E-state index in [-0.39, 0.29) is 33.0 Å². The Labute approximate surface area is 163 Å². The topological polar surface area (TPSA) is 44.8 Å². The summed E-state index contributed by atoms with van der Waals surface area (Å²) < 4.78 is 16.3. The van der Waals surface area contributed by atoms with Crippen molar-refractivity contribution in [1.29, 1.82) is 0 Å². The molecule has 6 heteroatoms. The fourth-order valence-electron chi connectivity index (χ4n) is 2.17. The van der Waals surface area contributed by atoms with Crippen LogP contribution >= 0.6 is 8.58 Å². The normalized spacial score (nSPS) is 10.6. The summed E-state index contributed by atoms with van der Waals surface area (Å²) in [6, 6.07) is 13.0. The van der Waals surface area contributed by atoms with Crippen LogP contribution in [0.2, 0.25) is 0 Å². The second kappa shape index (κ2) is 10.5. The molecule has 0 heterocycles. The van der Waals surface area contributed by atoms with Crippen molar-refractivity contribution in [2.24, 2.45) is 5.92 Å². The number of carbonyl (C=O) groups excluding carboxylic acids is 1. The molecule has 0 radical (unpaired) electrons. The van der Waals surface area contributed by atoms with Crippen LogP contribution in [0.3, 0.4) is 0 Å². The van der Waals surface area contributed by atoms with Crippen molar-refractivity contribution in [3.8, 4) is 17.2 Å². The van der Waals surface area contributed by atoms with Crippen molar-refractivity contribution in [3.63, 3.8) is 0 Å². The van der Waals surface area contributed by atoms with Crippen LogP contribution in [0.25, 0.3) is 0 Å². The van der Waals surface area contributed by atoms with Gasteiger partial charge in [0.25, 0.3) is 0 Å². The first-order valence-electron chi connectivity index (χ1n) is 7.80. The predicted molar refractivity (Wildman–Crippen MR) is 98.6 cm³/mol. The van der Waals surface area contributed by atoms with Gasteiger partial charge in [0, 0.05) is 0 Å². The molecule has 2 aromatic rings. The molecule has 1 atom stereocenters. The van der Waals surface area contributed by atoms with Crippen molar-refractivity contribution in [1.82, 2.24) is 0 Å². The van der Waals surface area contributed by atoms with Crippen LogP contribution in [-0.4, -0.2) is 26.4 Å². The van der Waals surface area contributed by atoms with E-state index in [1.807, 2.05) is 24.3 Å². The van der Waals surface area contributed by atoms with Crippen molar-refractivity contribution in [2.75, 3.05) is 20.8 Å².